The van der Waals surface area contributed by atoms with Gasteiger partial charge in [-0.2, -0.15) is 0 Å². The first-order valence-electron chi connectivity index (χ1n) is 5.42. The van der Waals surface area contributed by atoms with Crippen molar-refractivity contribution in [1.82, 2.24) is 19.5 Å². The number of aromatic nitrogens is 4. The van der Waals surface area contributed by atoms with E-state index < -0.39 is 0 Å². The minimum atomic E-state index is 0.699. The maximum absolute atomic E-state index is 4.09. The third kappa shape index (κ3) is 3.34. The van der Waals surface area contributed by atoms with Crippen LogP contribution in [0.4, 0.5) is 5.95 Å². The molecule has 0 unspecified atom stereocenters. The van der Waals surface area contributed by atoms with Gasteiger partial charge in [-0.1, -0.05) is 0 Å². The number of nitrogens with zero attached hydrogens (tertiary/aromatic N) is 4. The Labute approximate surface area is 94.6 Å². The van der Waals surface area contributed by atoms with Crippen molar-refractivity contribution < 1.29 is 0 Å². The second-order valence-electron chi connectivity index (χ2n) is 3.51. The third-order valence-corrected chi connectivity index (χ3v) is 2.25. The van der Waals surface area contributed by atoms with Crippen LogP contribution in [-0.4, -0.2) is 26.1 Å². The predicted molar refractivity (Wildman–Crippen MR) is 62.0 cm³/mol. The maximum atomic E-state index is 4.09. The van der Waals surface area contributed by atoms with Crippen LogP contribution in [0.15, 0.2) is 37.2 Å². The van der Waals surface area contributed by atoms with Gasteiger partial charge >= 0.3 is 0 Å². The Bertz CT molecular complexity index is 384. The van der Waals surface area contributed by atoms with Crippen molar-refractivity contribution in [2.75, 3.05) is 11.9 Å². The quantitative estimate of drug-likeness (QED) is 0.746. The van der Waals surface area contributed by atoms with Gasteiger partial charge in [-0.25, -0.2) is 15.0 Å². The van der Waals surface area contributed by atoms with Gasteiger partial charge in [-0.3, -0.25) is 0 Å². The molecule has 5 heteroatoms. The van der Waals surface area contributed by atoms with Crippen LogP contribution in [0.25, 0.3) is 0 Å². The molecule has 84 valence electrons. The molecule has 0 saturated carbocycles. The second-order valence-corrected chi connectivity index (χ2v) is 3.51. The van der Waals surface area contributed by atoms with Crippen LogP contribution in [0.5, 0.6) is 0 Å². The highest BCUT2D eigenvalue weighted by Gasteiger charge is 1.93. The number of hydrogen-bond acceptors (Lipinski definition) is 4. The van der Waals surface area contributed by atoms with Gasteiger partial charge in [0.05, 0.1) is 6.33 Å². The van der Waals surface area contributed by atoms with E-state index in [1.54, 1.807) is 18.6 Å². The summed E-state index contributed by atoms with van der Waals surface area (Å²) in [6.45, 7) is 1.91. The Kier molecular flexibility index (Phi) is 3.87. The topological polar surface area (TPSA) is 55.6 Å². The van der Waals surface area contributed by atoms with Gasteiger partial charge < -0.3 is 9.88 Å². The number of hydrogen-bond donors (Lipinski definition) is 1. The third-order valence-electron chi connectivity index (χ3n) is 2.25. The standard InChI is InChI=1S/C11H15N5/c1(2-8-16-9-7-12-10-16)4-13-11-14-5-3-6-15-11/h3,5-7,9-10H,1-2,4,8H2,(H,13,14,15). The molecule has 0 fully saturated rings. The molecule has 2 rings (SSSR count). The van der Waals surface area contributed by atoms with Gasteiger partial charge in [0.25, 0.3) is 0 Å². The lowest BCUT2D eigenvalue weighted by atomic mass is 10.3. The summed E-state index contributed by atoms with van der Waals surface area (Å²) in [4.78, 5) is 12.2. The minimum absolute atomic E-state index is 0.699. The lowest BCUT2D eigenvalue weighted by Gasteiger charge is -2.04. The van der Waals surface area contributed by atoms with Crippen molar-refractivity contribution in [1.29, 1.82) is 0 Å². The van der Waals surface area contributed by atoms with E-state index in [1.807, 2.05) is 18.6 Å². The lowest BCUT2D eigenvalue weighted by molar-refractivity contribution is 0.620. The molecule has 5 nitrogen and oxygen atoms in total. The number of unbranched alkanes of at least 4 members (excludes halogenated alkanes) is 1. The fourth-order valence-electron chi connectivity index (χ4n) is 1.43. The summed E-state index contributed by atoms with van der Waals surface area (Å²) in [6.07, 6.45) is 11.3. The molecule has 2 aromatic rings. The minimum Gasteiger partial charge on any atom is -0.354 e. The van der Waals surface area contributed by atoms with Crippen LogP contribution in [0.1, 0.15) is 12.8 Å². The molecule has 0 atom stereocenters. The fraction of sp³-hybridized carbons (Fsp3) is 0.364. The number of aryl methyl sites for hydroxylation is 1. The van der Waals surface area contributed by atoms with Gasteiger partial charge in [0, 0.05) is 37.9 Å². The number of imidazole rings is 1. The molecule has 0 aliphatic carbocycles. The molecular weight excluding hydrogens is 202 g/mol. The van der Waals surface area contributed by atoms with E-state index in [2.05, 4.69) is 24.8 Å². The zero-order valence-corrected chi connectivity index (χ0v) is 9.08. The Morgan fingerprint density at radius 3 is 2.75 bits per heavy atom. The van der Waals surface area contributed by atoms with Gasteiger partial charge in [-0.15, -0.1) is 0 Å². The van der Waals surface area contributed by atoms with E-state index in [1.165, 1.54) is 0 Å². The van der Waals surface area contributed by atoms with Crippen LogP contribution in [0.2, 0.25) is 0 Å². The predicted octanol–water partition coefficient (Wildman–Crippen LogP) is 1.57. The van der Waals surface area contributed by atoms with Crippen LogP contribution in [0.3, 0.4) is 0 Å². The summed E-state index contributed by atoms with van der Waals surface area (Å²) in [5.41, 5.74) is 0. The average molecular weight is 217 g/mol. The SMILES string of the molecule is c1cnc(NCCCCn2ccnc2)nc1. The highest BCUT2D eigenvalue weighted by Crippen LogP contribution is 1.98. The van der Waals surface area contributed by atoms with Crippen LogP contribution < -0.4 is 5.32 Å². The summed E-state index contributed by atoms with van der Waals surface area (Å²) < 4.78 is 2.08. The molecule has 0 radical (unpaired) electrons. The molecule has 2 aromatic heterocycles. The van der Waals surface area contributed by atoms with Crippen molar-refractivity contribution in [2.24, 2.45) is 0 Å². The largest absolute Gasteiger partial charge is 0.354 e. The van der Waals surface area contributed by atoms with Gasteiger partial charge in [0.1, 0.15) is 0 Å². The molecule has 0 amide bonds. The fourth-order valence-corrected chi connectivity index (χ4v) is 1.43. The summed E-state index contributed by atoms with van der Waals surface area (Å²) in [5, 5.41) is 3.18. The molecule has 1 N–H and O–H groups in total. The van der Waals surface area contributed by atoms with E-state index in [4.69, 9.17) is 0 Å². The van der Waals surface area contributed by atoms with Crippen LogP contribution >= 0.6 is 0 Å². The molecule has 2 heterocycles. The summed E-state index contributed by atoms with van der Waals surface area (Å²) >= 11 is 0. The number of nitrogens with one attached hydrogen (secondary N) is 1. The average Bonchev–Trinajstić information content (AvgIpc) is 2.83. The van der Waals surface area contributed by atoms with Crippen molar-refractivity contribution in [3.8, 4) is 0 Å². The molecule has 0 aromatic carbocycles. The van der Waals surface area contributed by atoms with E-state index in [9.17, 15) is 0 Å². The Morgan fingerprint density at radius 2 is 2.00 bits per heavy atom. The Balaban J connectivity index is 1.59. The summed E-state index contributed by atoms with van der Waals surface area (Å²) in [7, 11) is 0. The smallest absolute Gasteiger partial charge is 0.222 e. The zero-order valence-electron chi connectivity index (χ0n) is 9.08. The van der Waals surface area contributed by atoms with E-state index in [0.29, 0.717) is 5.95 Å². The van der Waals surface area contributed by atoms with Crippen molar-refractivity contribution in [2.45, 2.75) is 19.4 Å². The first-order chi connectivity index (χ1) is 7.95. The molecule has 0 bridgehead atoms. The van der Waals surface area contributed by atoms with E-state index in [-0.39, 0.29) is 0 Å². The number of anilines is 1. The first-order valence-corrected chi connectivity index (χ1v) is 5.42. The van der Waals surface area contributed by atoms with Gasteiger partial charge in [0.2, 0.25) is 5.95 Å². The lowest BCUT2D eigenvalue weighted by Crippen LogP contribution is -2.06. The highest BCUT2D eigenvalue weighted by atomic mass is 15.1. The van der Waals surface area contributed by atoms with Gasteiger partial charge in [-0.05, 0) is 18.9 Å². The molecule has 16 heavy (non-hydrogen) atoms. The monoisotopic (exact) mass is 217 g/mol. The van der Waals surface area contributed by atoms with Crippen molar-refractivity contribution >= 4 is 5.95 Å². The molecule has 0 aliphatic rings. The van der Waals surface area contributed by atoms with Crippen molar-refractivity contribution in [3.05, 3.63) is 37.2 Å². The Hall–Kier alpha value is -1.91. The molecule has 0 saturated heterocycles. The molecular formula is C11H15N5. The van der Waals surface area contributed by atoms with Crippen LogP contribution in [-0.2, 0) is 6.54 Å². The molecule has 0 aliphatic heterocycles. The zero-order chi connectivity index (χ0) is 11.1. The second kappa shape index (κ2) is 5.85. The van der Waals surface area contributed by atoms with E-state index in [0.717, 1.165) is 25.9 Å². The van der Waals surface area contributed by atoms with Crippen LogP contribution in [0, 0.1) is 0 Å². The Morgan fingerprint density at radius 1 is 1.12 bits per heavy atom. The van der Waals surface area contributed by atoms with E-state index >= 15 is 0 Å². The molecule has 0 spiro atoms. The van der Waals surface area contributed by atoms with Crippen molar-refractivity contribution in [3.63, 3.8) is 0 Å². The maximum Gasteiger partial charge on any atom is 0.222 e. The highest BCUT2D eigenvalue weighted by molar-refractivity contribution is 5.21. The normalized spacial score (nSPS) is 10.2. The first kappa shape index (κ1) is 10.6. The van der Waals surface area contributed by atoms with Gasteiger partial charge in [0.15, 0.2) is 0 Å². The summed E-state index contributed by atoms with van der Waals surface area (Å²) in [5.74, 6) is 0.699. The number of rotatable bonds is 6. The summed E-state index contributed by atoms with van der Waals surface area (Å²) in [6, 6.07) is 1.81.